The van der Waals surface area contributed by atoms with E-state index in [0.29, 0.717) is 43.3 Å². The maximum Gasteiger partial charge on any atom is 0.195 e. The number of hydrogen-bond acceptors (Lipinski definition) is 5. The zero-order valence-corrected chi connectivity index (χ0v) is 21.4. The van der Waals surface area contributed by atoms with Gasteiger partial charge in [-0.25, -0.2) is 0 Å². The minimum atomic E-state index is 0. The van der Waals surface area contributed by atoms with Gasteiger partial charge in [-0.2, -0.15) is 0 Å². The monoisotopic (exact) mass is 555 g/mol. The van der Waals surface area contributed by atoms with Crippen LogP contribution >= 0.6 is 24.0 Å². The fourth-order valence-electron chi connectivity index (χ4n) is 3.41. The summed E-state index contributed by atoms with van der Waals surface area (Å²) in [6.07, 6.45) is 2.24. The van der Waals surface area contributed by atoms with Gasteiger partial charge in [0.15, 0.2) is 17.5 Å². The third kappa shape index (κ3) is 8.14. The molecule has 1 saturated heterocycles. The molecule has 1 fully saturated rings. The van der Waals surface area contributed by atoms with E-state index in [1.165, 1.54) is 11.1 Å². The van der Waals surface area contributed by atoms with Gasteiger partial charge in [0, 0.05) is 38.6 Å². The molecule has 0 radical (unpaired) electrons. The predicted octanol–water partition coefficient (Wildman–Crippen LogP) is 4.60. The van der Waals surface area contributed by atoms with Crippen molar-refractivity contribution in [1.29, 1.82) is 0 Å². The first kappa shape index (κ1) is 26.2. The molecule has 0 bridgehead atoms. The fourth-order valence-corrected chi connectivity index (χ4v) is 3.41. The molecule has 8 heteroatoms. The highest BCUT2D eigenvalue weighted by molar-refractivity contribution is 14.0. The highest BCUT2D eigenvalue weighted by Crippen LogP contribution is 2.30. The average molecular weight is 555 g/mol. The number of benzene rings is 2. The Labute approximate surface area is 207 Å². The zero-order chi connectivity index (χ0) is 21.9. The molecule has 3 rings (SSSR count). The van der Waals surface area contributed by atoms with Gasteiger partial charge in [-0.15, -0.1) is 24.0 Å². The SMILES string of the molecule is CCOc1cc(NC(=NC)NCc2cccc(COC3CCOCC3)c2)ccc1OC.I. The topological polar surface area (TPSA) is 73.3 Å². The van der Waals surface area contributed by atoms with Crippen molar-refractivity contribution in [3.63, 3.8) is 0 Å². The number of nitrogens with zero attached hydrogens (tertiary/aromatic N) is 1. The zero-order valence-electron chi connectivity index (χ0n) is 19.1. The summed E-state index contributed by atoms with van der Waals surface area (Å²) < 4.78 is 22.4. The number of aliphatic imine (C=N–C) groups is 1. The molecule has 0 aromatic heterocycles. The molecule has 1 aliphatic heterocycles. The first-order valence-electron chi connectivity index (χ1n) is 10.8. The van der Waals surface area contributed by atoms with E-state index < -0.39 is 0 Å². The van der Waals surface area contributed by atoms with Gasteiger partial charge in [0.25, 0.3) is 0 Å². The van der Waals surface area contributed by atoms with E-state index >= 15 is 0 Å². The second kappa shape index (κ2) is 14.2. The molecule has 2 aromatic carbocycles. The number of methoxy groups -OCH3 is 1. The summed E-state index contributed by atoms with van der Waals surface area (Å²) in [7, 11) is 3.38. The first-order chi connectivity index (χ1) is 15.2. The Bertz CT molecular complexity index is 857. The highest BCUT2D eigenvalue weighted by Gasteiger charge is 2.14. The lowest BCUT2D eigenvalue weighted by atomic mass is 10.1. The van der Waals surface area contributed by atoms with E-state index in [1.807, 2.05) is 25.1 Å². The molecule has 32 heavy (non-hydrogen) atoms. The van der Waals surface area contributed by atoms with E-state index in [4.69, 9.17) is 18.9 Å². The molecule has 0 aliphatic carbocycles. The molecular formula is C24H34IN3O4. The van der Waals surface area contributed by atoms with Crippen molar-refractivity contribution in [3.8, 4) is 11.5 Å². The molecule has 176 valence electrons. The Morgan fingerprint density at radius 3 is 2.59 bits per heavy atom. The maximum atomic E-state index is 6.04. The lowest BCUT2D eigenvalue weighted by Gasteiger charge is -2.22. The number of hydrogen-bond donors (Lipinski definition) is 2. The second-order valence-electron chi connectivity index (χ2n) is 7.29. The van der Waals surface area contributed by atoms with Gasteiger partial charge < -0.3 is 29.6 Å². The molecule has 1 aliphatic rings. The molecule has 0 unspecified atom stereocenters. The van der Waals surface area contributed by atoms with Crippen LogP contribution in [0, 0.1) is 0 Å². The largest absolute Gasteiger partial charge is 0.493 e. The lowest BCUT2D eigenvalue weighted by Crippen LogP contribution is -2.30. The number of ether oxygens (including phenoxy) is 4. The molecule has 7 nitrogen and oxygen atoms in total. The summed E-state index contributed by atoms with van der Waals surface area (Å²) in [5, 5.41) is 6.66. The second-order valence-corrected chi connectivity index (χ2v) is 7.29. The third-order valence-electron chi connectivity index (χ3n) is 5.06. The summed E-state index contributed by atoms with van der Waals surface area (Å²) in [6.45, 7) is 5.38. The molecule has 2 aromatic rings. The molecular weight excluding hydrogens is 521 g/mol. The number of rotatable bonds is 9. The van der Waals surface area contributed by atoms with Crippen LogP contribution in [0.5, 0.6) is 11.5 Å². The molecule has 0 amide bonds. The Kier molecular flexibility index (Phi) is 11.6. The van der Waals surface area contributed by atoms with Crippen molar-refractivity contribution in [2.45, 2.75) is 39.0 Å². The average Bonchev–Trinajstić information content (AvgIpc) is 2.82. The summed E-state index contributed by atoms with van der Waals surface area (Å²) in [4.78, 5) is 4.32. The summed E-state index contributed by atoms with van der Waals surface area (Å²) >= 11 is 0. The van der Waals surface area contributed by atoms with E-state index in [-0.39, 0.29) is 24.0 Å². The Hall–Kier alpha value is -2.04. The van der Waals surface area contributed by atoms with Crippen molar-refractivity contribution < 1.29 is 18.9 Å². The summed E-state index contributed by atoms with van der Waals surface area (Å²) in [5.41, 5.74) is 3.21. The minimum absolute atomic E-state index is 0. The quantitative estimate of drug-likeness (QED) is 0.268. The van der Waals surface area contributed by atoms with Gasteiger partial charge in [-0.1, -0.05) is 24.3 Å². The van der Waals surface area contributed by atoms with Gasteiger partial charge in [0.1, 0.15) is 0 Å². The van der Waals surface area contributed by atoms with Crippen molar-refractivity contribution in [1.82, 2.24) is 5.32 Å². The predicted molar refractivity (Wildman–Crippen MR) is 138 cm³/mol. The van der Waals surface area contributed by atoms with E-state index in [9.17, 15) is 0 Å². The maximum absolute atomic E-state index is 6.04. The van der Waals surface area contributed by atoms with Crippen LogP contribution in [0.2, 0.25) is 0 Å². The summed E-state index contributed by atoms with van der Waals surface area (Å²) in [5.74, 6) is 2.08. The first-order valence-corrected chi connectivity index (χ1v) is 10.8. The molecule has 2 N–H and O–H groups in total. The smallest absolute Gasteiger partial charge is 0.195 e. The lowest BCUT2D eigenvalue weighted by molar-refractivity contribution is -0.0390. The molecule has 0 atom stereocenters. The van der Waals surface area contributed by atoms with E-state index in [0.717, 1.165) is 31.7 Å². The number of anilines is 1. The van der Waals surface area contributed by atoms with Crippen LogP contribution < -0.4 is 20.1 Å². The van der Waals surface area contributed by atoms with Crippen LogP contribution in [0.1, 0.15) is 30.9 Å². The number of halogens is 1. The van der Waals surface area contributed by atoms with Crippen molar-refractivity contribution in [3.05, 3.63) is 53.6 Å². The van der Waals surface area contributed by atoms with Crippen molar-refractivity contribution in [2.24, 2.45) is 4.99 Å². The van der Waals surface area contributed by atoms with Gasteiger partial charge in [0.2, 0.25) is 0 Å². The van der Waals surface area contributed by atoms with Crippen LogP contribution in [0.15, 0.2) is 47.5 Å². The molecule has 0 saturated carbocycles. The van der Waals surface area contributed by atoms with E-state index in [1.54, 1.807) is 14.2 Å². The highest BCUT2D eigenvalue weighted by atomic mass is 127. The van der Waals surface area contributed by atoms with Crippen LogP contribution in [0.3, 0.4) is 0 Å². The van der Waals surface area contributed by atoms with Crippen molar-refractivity contribution >= 4 is 35.6 Å². The Morgan fingerprint density at radius 1 is 1.09 bits per heavy atom. The standard InChI is InChI=1S/C24H33N3O4.HI/c1-4-30-23-15-20(8-9-22(23)28-3)27-24(25-2)26-16-18-6-5-7-19(14-18)17-31-21-10-12-29-13-11-21;/h5-9,14-15,21H,4,10-13,16-17H2,1-3H3,(H2,25,26,27);1H. The van der Waals surface area contributed by atoms with Crippen LogP contribution in [0.4, 0.5) is 5.69 Å². The Morgan fingerprint density at radius 2 is 1.88 bits per heavy atom. The fraction of sp³-hybridized carbons (Fsp3) is 0.458. The van der Waals surface area contributed by atoms with Gasteiger partial charge in [-0.3, -0.25) is 4.99 Å². The van der Waals surface area contributed by atoms with Gasteiger partial charge in [-0.05, 0) is 43.0 Å². The van der Waals surface area contributed by atoms with Crippen LogP contribution in [0.25, 0.3) is 0 Å². The third-order valence-corrected chi connectivity index (χ3v) is 5.06. The van der Waals surface area contributed by atoms with Crippen LogP contribution in [-0.2, 0) is 22.6 Å². The van der Waals surface area contributed by atoms with Gasteiger partial charge in [0.05, 0.1) is 26.4 Å². The van der Waals surface area contributed by atoms with Gasteiger partial charge >= 0.3 is 0 Å². The normalized spacial score (nSPS) is 14.4. The molecule has 0 spiro atoms. The minimum Gasteiger partial charge on any atom is -0.493 e. The summed E-state index contributed by atoms with van der Waals surface area (Å²) in [6, 6.07) is 14.1. The molecule has 1 heterocycles. The Balaban J connectivity index is 0.00000363. The number of guanidine groups is 1. The van der Waals surface area contributed by atoms with Crippen LogP contribution in [-0.4, -0.2) is 46.0 Å². The number of nitrogens with one attached hydrogen (secondary N) is 2. The van der Waals surface area contributed by atoms with E-state index in [2.05, 4.69) is 39.9 Å². The van der Waals surface area contributed by atoms with Crippen molar-refractivity contribution in [2.75, 3.05) is 39.3 Å².